The number of carbonyl (C=O) groups is 1. The number of morpholine rings is 1. The Labute approximate surface area is 135 Å². The number of hydrogen-bond donors (Lipinski definition) is 0. The van der Waals surface area contributed by atoms with Crippen molar-refractivity contribution in [3.8, 4) is 0 Å². The van der Waals surface area contributed by atoms with Crippen LogP contribution in [-0.2, 0) is 17.7 Å². The van der Waals surface area contributed by atoms with E-state index in [9.17, 15) is 4.79 Å². The molecule has 6 heteroatoms. The Morgan fingerprint density at radius 3 is 2.78 bits per heavy atom. The van der Waals surface area contributed by atoms with Crippen molar-refractivity contribution in [2.45, 2.75) is 32.4 Å². The van der Waals surface area contributed by atoms with E-state index in [-0.39, 0.29) is 11.8 Å². The highest BCUT2D eigenvalue weighted by Crippen LogP contribution is 2.17. The number of aromatic nitrogens is 2. The van der Waals surface area contributed by atoms with Crippen molar-refractivity contribution in [2.24, 2.45) is 0 Å². The lowest BCUT2D eigenvalue weighted by atomic mass is 10.0. The zero-order valence-corrected chi connectivity index (χ0v) is 13.3. The molecule has 0 saturated carbocycles. The predicted octanol–water partition coefficient (Wildman–Crippen LogP) is 2.11. The lowest BCUT2D eigenvalue weighted by molar-refractivity contribution is -0.0160. The maximum absolute atomic E-state index is 12.4. The van der Waals surface area contributed by atoms with Gasteiger partial charge in [0.25, 0.3) is 0 Å². The second-order valence-electron chi connectivity index (χ2n) is 5.64. The van der Waals surface area contributed by atoms with Crippen LogP contribution in [0.15, 0.2) is 34.7 Å². The van der Waals surface area contributed by atoms with Crippen molar-refractivity contribution in [3.05, 3.63) is 47.7 Å². The molecule has 1 aromatic carbocycles. The molecule has 23 heavy (non-hydrogen) atoms. The molecule has 0 bridgehead atoms. The Hall–Kier alpha value is -2.05. The molecular weight excluding hydrogens is 294 g/mol. The van der Waals surface area contributed by atoms with E-state index < -0.39 is 0 Å². The molecule has 0 unspecified atom stereocenters. The van der Waals surface area contributed by atoms with E-state index in [1.165, 1.54) is 0 Å². The summed E-state index contributed by atoms with van der Waals surface area (Å²) in [5.74, 6) is 1.37. The Bertz CT molecular complexity index is 642. The van der Waals surface area contributed by atoms with E-state index in [0.29, 0.717) is 38.0 Å². The molecule has 1 aliphatic rings. The van der Waals surface area contributed by atoms with Gasteiger partial charge in [-0.05, 0) is 0 Å². The van der Waals surface area contributed by atoms with Gasteiger partial charge in [0.15, 0.2) is 5.78 Å². The minimum absolute atomic E-state index is 0.0356. The van der Waals surface area contributed by atoms with Crippen LogP contribution in [0, 0.1) is 0 Å². The SMILES string of the molecule is CCc1nnc(CN2CCOC[C@H]2CC(=O)c2ccccc2)o1. The number of nitrogens with zero attached hydrogens (tertiary/aromatic N) is 3. The molecule has 0 aliphatic carbocycles. The number of aryl methyl sites for hydroxylation is 1. The summed E-state index contributed by atoms with van der Waals surface area (Å²) >= 11 is 0. The maximum atomic E-state index is 12.4. The summed E-state index contributed by atoms with van der Waals surface area (Å²) in [6.45, 7) is 4.51. The average Bonchev–Trinajstić information content (AvgIpc) is 3.05. The van der Waals surface area contributed by atoms with E-state index in [4.69, 9.17) is 9.15 Å². The highest BCUT2D eigenvalue weighted by Gasteiger charge is 2.27. The Morgan fingerprint density at radius 1 is 1.26 bits per heavy atom. The lowest BCUT2D eigenvalue weighted by Gasteiger charge is -2.34. The monoisotopic (exact) mass is 315 g/mol. The number of benzene rings is 1. The van der Waals surface area contributed by atoms with Crippen LogP contribution < -0.4 is 0 Å². The van der Waals surface area contributed by atoms with Crippen molar-refractivity contribution < 1.29 is 13.9 Å². The highest BCUT2D eigenvalue weighted by atomic mass is 16.5. The molecule has 122 valence electrons. The minimum atomic E-state index is 0.0356. The first-order chi connectivity index (χ1) is 11.3. The first-order valence-corrected chi connectivity index (χ1v) is 7.97. The number of rotatable bonds is 6. The molecule has 2 heterocycles. The quantitative estimate of drug-likeness (QED) is 0.761. The fraction of sp³-hybridized carbons (Fsp3) is 0.471. The van der Waals surface area contributed by atoms with Crippen molar-refractivity contribution in [3.63, 3.8) is 0 Å². The molecule has 0 N–H and O–H groups in total. The van der Waals surface area contributed by atoms with E-state index in [1.807, 2.05) is 37.3 Å². The molecule has 1 saturated heterocycles. The third-order valence-corrected chi connectivity index (χ3v) is 4.02. The van der Waals surface area contributed by atoms with Gasteiger partial charge in [0.05, 0.1) is 19.8 Å². The van der Waals surface area contributed by atoms with E-state index in [1.54, 1.807) is 0 Å². The van der Waals surface area contributed by atoms with Gasteiger partial charge in [-0.15, -0.1) is 10.2 Å². The van der Waals surface area contributed by atoms with E-state index in [2.05, 4.69) is 15.1 Å². The second kappa shape index (κ2) is 7.48. The molecule has 0 radical (unpaired) electrons. The van der Waals surface area contributed by atoms with Gasteiger partial charge in [-0.1, -0.05) is 37.3 Å². The molecule has 6 nitrogen and oxygen atoms in total. The third-order valence-electron chi connectivity index (χ3n) is 4.02. The van der Waals surface area contributed by atoms with E-state index >= 15 is 0 Å². The molecule has 3 rings (SSSR count). The lowest BCUT2D eigenvalue weighted by Crippen LogP contribution is -2.46. The van der Waals surface area contributed by atoms with Crippen molar-refractivity contribution in [1.29, 1.82) is 0 Å². The van der Waals surface area contributed by atoms with Crippen LogP contribution >= 0.6 is 0 Å². The molecule has 1 atom stereocenters. The Kier molecular flexibility index (Phi) is 5.15. The maximum Gasteiger partial charge on any atom is 0.230 e. The third kappa shape index (κ3) is 4.03. The van der Waals surface area contributed by atoms with E-state index in [0.717, 1.165) is 18.5 Å². The Balaban J connectivity index is 1.65. The summed E-state index contributed by atoms with van der Waals surface area (Å²) < 4.78 is 11.1. The van der Waals surface area contributed by atoms with Crippen LogP contribution in [0.25, 0.3) is 0 Å². The summed E-state index contributed by atoms with van der Waals surface area (Å²) in [6, 6.07) is 9.41. The minimum Gasteiger partial charge on any atom is -0.424 e. The predicted molar refractivity (Wildman–Crippen MR) is 84.1 cm³/mol. The van der Waals surface area contributed by atoms with Crippen LogP contribution in [0.3, 0.4) is 0 Å². The van der Waals surface area contributed by atoms with Gasteiger partial charge in [0.1, 0.15) is 0 Å². The van der Waals surface area contributed by atoms with Crippen LogP contribution in [0.1, 0.15) is 35.5 Å². The Morgan fingerprint density at radius 2 is 2.04 bits per heavy atom. The fourth-order valence-corrected chi connectivity index (χ4v) is 2.71. The fourth-order valence-electron chi connectivity index (χ4n) is 2.71. The smallest absolute Gasteiger partial charge is 0.230 e. The van der Waals surface area contributed by atoms with Gasteiger partial charge in [-0.2, -0.15) is 0 Å². The normalized spacial score (nSPS) is 18.9. The number of carbonyl (C=O) groups excluding carboxylic acids is 1. The summed E-state index contributed by atoms with van der Waals surface area (Å²) in [4.78, 5) is 14.6. The summed E-state index contributed by atoms with van der Waals surface area (Å²) in [5.41, 5.74) is 0.740. The van der Waals surface area contributed by atoms with Gasteiger partial charge in [0.2, 0.25) is 11.8 Å². The molecule has 0 amide bonds. The van der Waals surface area contributed by atoms with Crippen LogP contribution in [0.4, 0.5) is 0 Å². The van der Waals surface area contributed by atoms with Crippen molar-refractivity contribution in [2.75, 3.05) is 19.8 Å². The molecule has 1 aromatic heterocycles. The first kappa shape index (κ1) is 15.8. The van der Waals surface area contributed by atoms with Crippen LogP contribution in [0.5, 0.6) is 0 Å². The van der Waals surface area contributed by atoms with Gasteiger partial charge in [-0.3, -0.25) is 9.69 Å². The van der Waals surface area contributed by atoms with Gasteiger partial charge in [-0.25, -0.2) is 0 Å². The topological polar surface area (TPSA) is 68.5 Å². The molecule has 1 aliphatic heterocycles. The number of Topliss-reactive ketones (excluding diaryl/α,β-unsaturated/α-hetero) is 1. The summed E-state index contributed by atoms with van der Waals surface area (Å²) in [7, 11) is 0. The largest absolute Gasteiger partial charge is 0.424 e. The molecular formula is C17H21N3O3. The molecule has 2 aromatic rings. The molecule has 1 fully saturated rings. The average molecular weight is 315 g/mol. The van der Waals surface area contributed by atoms with Gasteiger partial charge >= 0.3 is 0 Å². The summed E-state index contributed by atoms with van der Waals surface area (Å²) in [5, 5.41) is 8.06. The van der Waals surface area contributed by atoms with Gasteiger partial charge < -0.3 is 9.15 Å². The number of ketones is 1. The number of hydrogen-bond acceptors (Lipinski definition) is 6. The zero-order valence-electron chi connectivity index (χ0n) is 13.3. The van der Waals surface area contributed by atoms with Crippen molar-refractivity contribution in [1.82, 2.24) is 15.1 Å². The van der Waals surface area contributed by atoms with Gasteiger partial charge in [0, 0.05) is 31.0 Å². The summed E-state index contributed by atoms with van der Waals surface area (Å²) in [6.07, 6.45) is 1.16. The van der Waals surface area contributed by atoms with Crippen LogP contribution in [0.2, 0.25) is 0 Å². The van der Waals surface area contributed by atoms with Crippen molar-refractivity contribution >= 4 is 5.78 Å². The molecule has 0 spiro atoms. The highest BCUT2D eigenvalue weighted by molar-refractivity contribution is 5.96. The number of ether oxygens (including phenoxy) is 1. The standard InChI is InChI=1S/C17H21N3O3/c1-2-16-18-19-17(23-16)11-20-8-9-22-12-14(20)10-15(21)13-6-4-3-5-7-13/h3-7,14H,2,8-12H2,1H3/t14-/m1/s1. The first-order valence-electron chi connectivity index (χ1n) is 7.97. The van der Waals surface area contributed by atoms with Crippen LogP contribution in [-0.4, -0.2) is 46.7 Å². The second-order valence-corrected chi connectivity index (χ2v) is 5.64. The zero-order chi connectivity index (χ0) is 16.1.